The number of nitrogens with one attached hydrogen (secondary N) is 1. The second-order valence-electron chi connectivity index (χ2n) is 8.97. The van der Waals surface area contributed by atoms with Crippen molar-refractivity contribution in [2.24, 2.45) is 0 Å². The monoisotopic (exact) mass is 490 g/mol. The Labute approximate surface area is 208 Å². The molecule has 2 atom stereocenters. The highest BCUT2D eigenvalue weighted by Gasteiger charge is 2.27. The molecule has 1 fully saturated rings. The highest BCUT2D eigenvalue weighted by molar-refractivity contribution is 5.84. The molecule has 3 aromatic rings. The molecule has 0 amide bonds. The summed E-state index contributed by atoms with van der Waals surface area (Å²) in [6, 6.07) is 14.4. The molecule has 0 aliphatic carbocycles. The van der Waals surface area contributed by atoms with E-state index in [1.807, 2.05) is 36.5 Å². The van der Waals surface area contributed by atoms with E-state index in [1.54, 1.807) is 6.20 Å². The molecule has 8 nitrogen and oxygen atoms in total. The first-order valence-electron chi connectivity index (χ1n) is 11.8. The molecule has 2 aliphatic heterocycles. The second kappa shape index (κ2) is 10.4. The number of anilines is 1. The molecule has 186 valence electrons. The van der Waals surface area contributed by atoms with Crippen LogP contribution in [-0.2, 0) is 14.3 Å². The van der Waals surface area contributed by atoms with Crippen LogP contribution >= 0.6 is 0 Å². The highest BCUT2D eigenvalue weighted by atomic mass is 19.1. The summed E-state index contributed by atoms with van der Waals surface area (Å²) in [5.41, 5.74) is 4.51. The van der Waals surface area contributed by atoms with E-state index >= 15 is 0 Å². The number of rotatable bonds is 7. The second-order valence-corrected chi connectivity index (χ2v) is 8.97. The predicted molar refractivity (Wildman–Crippen MR) is 132 cm³/mol. The Bertz CT molecular complexity index is 1240. The van der Waals surface area contributed by atoms with E-state index in [1.165, 1.54) is 12.1 Å². The number of aldehydes is 1. The maximum atomic E-state index is 13.7. The number of carbonyl (C=O) groups is 2. The Kier molecular flexibility index (Phi) is 6.92. The van der Waals surface area contributed by atoms with Crippen molar-refractivity contribution in [3.8, 4) is 16.9 Å². The number of fused-ring (bicyclic) bond motifs is 1. The van der Waals surface area contributed by atoms with Gasteiger partial charge in [0.25, 0.3) is 0 Å². The van der Waals surface area contributed by atoms with Gasteiger partial charge in [-0.2, -0.15) is 0 Å². The summed E-state index contributed by atoms with van der Waals surface area (Å²) in [6.45, 7) is 3.70. The molecule has 1 unspecified atom stereocenters. The topological polar surface area (TPSA) is 84.0 Å². The number of likely N-dealkylation sites (N-methyl/N-ethyl adjacent to an activating group) is 1. The first kappa shape index (κ1) is 23.9. The fourth-order valence-corrected chi connectivity index (χ4v) is 4.58. The van der Waals surface area contributed by atoms with Gasteiger partial charge in [-0.25, -0.2) is 4.39 Å². The Morgan fingerprint density at radius 3 is 2.64 bits per heavy atom. The summed E-state index contributed by atoms with van der Waals surface area (Å²) < 4.78 is 24.5. The maximum absolute atomic E-state index is 13.7. The molecule has 0 spiro atoms. The molecule has 5 rings (SSSR count). The summed E-state index contributed by atoms with van der Waals surface area (Å²) in [5, 5.41) is 2.97. The molecule has 2 aliphatic rings. The minimum absolute atomic E-state index is 0.0549. The Morgan fingerprint density at radius 2 is 1.89 bits per heavy atom. The smallest absolute Gasteiger partial charge is 0.327 e. The van der Waals surface area contributed by atoms with Crippen molar-refractivity contribution < 1.29 is 23.5 Å². The summed E-state index contributed by atoms with van der Waals surface area (Å²) in [7, 11) is 2.12. The summed E-state index contributed by atoms with van der Waals surface area (Å²) in [4.78, 5) is 31.4. The number of benzene rings is 2. The van der Waals surface area contributed by atoms with Crippen molar-refractivity contribution in [1.82, 2.24) is 14.8 Å². The van der Waals surface area contributed by atoms with Crippen molar-refractivity contribution in [2.45, 2.75) is 18.9 Å². The molecule has 0 radical (unpaired) electrons. The number of hydrogen-bond acceptors (Lipinski definition) is 8. The number of aromatic nitrogens is 1. The number of hydrogen-bond donors (Lipinski definition) is 1. The van der Waals surface area contributed by atoms with Crippen LogP contribution in [0.2, 0.25) is 0 Å². The van der Waals surface area contributed by atoms with Crippen LogP contribution in [0, 0.1) is 5.82 Å². The van der Waals surface area contributed by atoms with Crippen LogP contribution in [-0.4, -0.2) is 66.7 Å². The quantitative estimate of drug-likeness (QED) is 0.306. The fraction of sp³-hybridized carbons (Fsp3) is 0.296. The van der Waals surface area contributed by atoms with Crippen LogP contribution in [0.5, 0.6) is 5.75 Å². The van der Waals surface area contributed by atoms with E-state index in [-0.39, 0.29) is 18.3 Å². The minimum atomic E-state index is -0.979. The van der Waals surface area contributed by atoms with Gasteiger partial charge in [-0.1, -0.05) is 18.2 Å². The lowest BCUT2D eigenvalue weighted by atomic mass is 9.95. The molecule has 36 heavy (non-hydrogen) atoms. The zero-order valence-electron chi connectivity index (χ0n) is 19.9. The van der Waals surface area contributed by atoms with Gasteiger partial charge in [-0.05, 0) is 54.1 Å². The highest BCUT2D eigenvalue weighted by Crippen LogP contribution is 2.37. The number of carbonyl (C=O) groups excluding carboxylic acids is 2. The molecular formula is C27H27FN4O4. The molecule has 3 heterocycles. The predicted octanol–water partition coefficient (Wildman–Crippen LogP) is 3.44. The largest absolute Gasteiger partial charge is 0.435 e. The lowest BCUT2D eigenvalue weighted by Gasteiger charge is -2.38. The summed E-state index contributed by atoms with van der Waals surface area (Å²) in [5.74, 6) is -0.385. The summed E-state index contributed by atoms with van der Waals surface area (Å²) in [6.07, 6.45) is 2.84. The molecule has 1 aromatic heterocycles. The van der Waals surface area contributed by atoms with E-state index in [0.717, 1.165) is 48.4 Å². The molecular weight excluding hydrogens is 463 g/mol. The van der Waals surface area contributed by atoms with Gasteiger partial charge in [0.2, 0.25) is 0 Å². The summed E-state index contributed by atoms with van der Waals surface area (Å²) >= 11 is 0. The van der Waals surface area contributed by atoms with Crippen molar-refractivity contribution in [2.75, 3.05) is 38.5 Å². The van der Waals surface area contributed by atoms with Gasteiger partial charge >= 0.3 is 12.4 Å². The third-order valence-corrected chi connectivity index (χ3v) is 6.47. The first-order valence-corrected chi connectivity index (χ1v) is 11.8. The Hall–Kier alpha value is -3.82. The van der Waals surface area contributed by atoms with Crippen LogP contribution < -0.4 is 10.1 Å². The average Bonchev–Trinajstić information content (AvgIpc) is 3.28. The number of piperazine rings is 1. The standard InChI is InChI=1S/C27H27FN4O4/c1-31-9-11-32(12-10-31)26(18-2-5-22(28)6-3-18)21-14-20(16-29-17-21)19-4-7-23-24(15-19)35-27(30-23)36-25(34)8-13-33/h2-7,13-17,26-27,30H,8-12H2,1H3/t26-,27?/m0/s1. The third kappa shape index (κ3) is 5.22. The molecule has 2 aromatic carbocycles. The minimum Gasteiger partial charge on any atom is -0.435 e. The lowest BCUT2D eigenvalue weighted by Crippen LogP contribution is -2.46. The SMILES string of the molecule is CN1CCN([C@@H](c2ccc(F)cc2)c2cncc(-c3ccc4c(c3)OC(OC(=O)CC=O)N4)c2)CC1. The van der Waals surface area contributed by atoms with Crippen LogP contribution in [0.25, 0.3) is 11.1 Å². The van der Waals surface area contributed by atoms with E-state index in [9.17, 15) is 14.0 Å². The van der Waals surface area contributed by atoms with Gasteiger partial charge in [-0.15, -0.1) is 0 Å². The van der Waals surface area contributed by atoms with Gasteiger partial charge in [0.05, 0.1) is 11.7 Å². The van der Waals surface area contributed by atoms with E-state index < -0.39 is 12.4 Å². The zero-order valence-corrected chi connectivity index (χ0v) is 19.9. The average molecular weight is 491 g/mol. The first-order chi connectivity index (χ1) is 17.5. The number of halogens is 1. The Balaban J connectivity index is 1.42. The van der Waals surface area contributed by atoms with Crippen LogP contribution in [0.4, 0.5) is 10.1 Å². The van der Waals surface area contributed by atoms with E-state index in [0.29, 0.717) is 17.7 Å². The van der Waals surface area contributed by atoms with Gasteiger partial charge in [-0.3, -0.25) is 14.7 Å². The van der Waals surface area contributed by atoms with Gasteiger partial charge in [0.1, 0.15) is 24.3 Å². The fourth-order valence-electron chi connectivity index (χ4n) is 4.58. The van der Waals surface area contributed by atoms with Gasteiger partial charge in [0.15, 0.2) is 0 Å². The van der Waals surface area contributed by atoms with Gasteiger partial charge in [0, 0.05) is 44.1 Å². The van der Waals surface area contributed by atoms with Crippen LogP contribution in [0.3, 0.4) is 0 Å². The molecule has 1 saturated heterocycles. The van der Waals surface area contributed by atoms with Crippen molar-refractivity contribution >= 4 is 17.9 Å². The number of esters is 1. The normalized spacial score (nSPS) is 18.6. The number of pyridine rings is 1. The third-order valence-electron chi connectivity index (χ3n) is 6.47. The van der Waals surface area contributed by atoms with Crippen LogP contribution in [0.15, 0.2) is 60.9 Å². The lowest BCUT2D eigenvalue weighted by molar-refractivity contribution is -0.158. The van der Waals surface area contributed by atoms with Gasteiger partial charge < -0.3 is 24.5 Å². The van der Waals surface area contributed by atoms with Crippen molar-refractivity contribution in [1.29, 1.82) is 0 Å². The van der Waals surface area contributed by atoms with Crippen LogP contribution in [0.1, 0.15) is 23.6 Å². The number of ether oxygens (including phenoxy) is 2. The molecule has 9 heteroatoms. The maximum Gasteiger partial charge on any atom is 0.327 e. The number of nitrogens with zero attached hydrogens (tertiary/aromatic N) is 3. The zero-order chi connectivity index (χ0) is 25.1. The van der Waals surface area contributed by atoms with Crippen molar-refractivity contribution in [3.05, 3.63) is 77.9 Å². The molecule has 0 bridgehead atoms. The van der Waals surface area contributed by atoms with E-state index in [4.69, 9.17) is 9.47 Å². The van der Waals surface area contributed by atoms with E-state index in [2.05, 4.69) is 33.2 Å². The molecule has 1 N–H and O–H groups in total. The Morgan fingerprint density at radius 1 is 1.11 bits per heavy atom. The molecule has 0 saturated carbocycles. The van der Waals surface area contributed by atoms with Crippen molar-refractivity contribution in [3.63, 3.8) is 0 Å².